The first kappa shape index (κ1) is 19.2. The summed E-state index contributed by atoms with van der Waals surface area (Å²) in [6.07, 6.45) is 2.34. The molecule has 2 aliphatic heterocycles. The van der Waals surface area contributed by atoms with E-state index >= 15 is 0 Å². The SMILES string of the molecule is COC[C@@H]1CCCN(CC(=O)N2CCN([C@@H](C#N)C(C)C)CC2)C1. The average molecular weight is 336 g/mol. The lowest BCUT2D eigenvalue weighted by atomic mass is 9.99. The van der Waals surface area contributed by atoms with Gasteiger partial charge in [0.25, 0.3) is 0 Å². The third kappa shape index (κ3) is 5.17. The van der Waals surface area contributed by atoms with Crippen LogP contribution in [0.3, 0.4) is 0 Å². The molecular weight excluding hydrogens is 304 g/mol. The number of piperidine rings is 1. The van der Waals surface area contributed by atoms with E-state index in [0.717, 1.165) is 52.3 Å². The van der Waals surface area contributed by atoms with Gasteiger partial charge in [0.15, 0.2) is 0 Å². The number of amides is 1. The highest BCUT2D eigenvalue weighted by atomic mass is 16.5. The molecule has 0 spiro atoms. The van der Waals surface area contributed by atoms with Crippen molar-refractivity contribution in [2.45, 2.75) is 32.7 Å². The average Bonchev–Trinajstić information content (AvgIpc) is 2.56. The fourth-order valence-corrected chi connectivity index (χ4v) is 3.86. The monoisotopic (exact) mass is 336 g/mol. The summed E-state index contributed by atoms with van der Waals surface area (Å²) in [4.78, 5) is 19.0. The fraction of sp³-hybridized carbons (Fsp3) is 0.889. The summed E-state index contributed by atoms with van der Waals surface area (Å²) >= 11 is 0. The van der Waals surface area contributed by atoms with E-state index in [1.807, 2.05) is 4.90 Å². The molecule has 2 aliphatic rings. The van der Waals surface area contributed by atoms with E-state index in [1.165, 1.54) is 6.42 Å². The topological polar surface area (TPSA) is 59.8 Å². The third-order valence-corrected chi connectivity index (χ3v) is 5.19. The number of piperazine rings is 1. The number of rotatable bonds is 6. The Bertz CT molecular complexity index is 439. The zero-order chi connectivity index (χ0) is 17.5. The van der Waals surface area contributed by atoms with Crippen molar-refractivity contribution in [2.75, 3.05) is 59.5 Å². The Kier molecular flexibility index (Phi) is 7.47. The molecule has 1 amide bonds. The predicted molar refractivity (Wildman–Crippen MR) is 93.4 cm³/mol. The van der Waals surface area contributed by atoms with Crippen LogP contribution >= 0.6 is 0 Å². The lowest BCUT2D eigenvalue weighted by Crippen LogP contribution is -2.54. The fourth-order valence-electron chi connectivity index (χ4n) is 3.86. The van der Waals surface area contributed by atoms with E-state index in [4.69, 9.17) is 4.74 Å². The van der Waals surface area contributed by atoms with Crippen molar-refractivity contribution in [3.63, 3.8) is 0 Å². The first-order valence-electron chi connectivity index (χ1n) is 9.18. The van der Waals surface area contributed by atoms with E-state index < -0.39 is 0 Å². The van der Waals surface area contributed by atoms with Gasteiger partial charge in [-0.15, -0.1) is 0 Å². The van der Waals surface area contributed by atoms with Crippen LogP contribution in [0.25, 0.3) is 0 Å². The van der Waals surface area contributed by atoms with E-state index in [9.17, 15) is 10.1 Å². The second-order valence-corrected chi connectivity index (χ2v) is 7.43. The van der Waals surface area contributed by atoms with Crippen LogP contribution in [0, 0.1) is 23.2 Å². The van der Waals surface area contributed by atoms with Crippen molar-refractivity contribution < 1.29 is 9.53 Å². The molecule has 24 heavy (non-hydrogen) atoms. The summed E-state index contributed by atoms with van der Waals surface area (Å²) in [6, 6.07) is 2.36. The normalized spacial score (nSPS) is 24.8. The molecule has 0 radical (unpaired) electrons. The highest BCUT2D eigenvalue weighted by molar-refractivity contribution is 5.78. The minimum atomic E-state index is -0.0425. The zero-order valence-corrected chi connectivity index (χ0v) is 15.4. The molecule has 2 rings (SSSR count). The van der Waals surface area contributed by atoms with Gasteiger partial charge < -0.3 is 9.64 Å². The van der Waals surface area contributed by atoms with Crippen molar-refractivity contribution in [2.24, 2.45) is 11.8 Å². The van der Waals surface area contributed by atoms with Gasteiger partial charge in [-0.2, -0.15) is 5.26 Å². The predicted octanol–water partition coefficient (Wildman–Crippen LogP) is 1.04. The zero-order valence-electron chi connectivity index (χ0n) is 15.4. The molecular formula is C18H32N4O2. The number of likely N-dealkylation sites (tertiary alicyclic amines) is 1. The molecule has 2 fully saturated rings. The molecule has 0 aromatic rings. The van der Waals surface area contributed by atoms with Crippen LogP contribution in [-0.4, -0.2) is 86.2 Å². The Morgan fingerprint density at radius 3 is 2.54 bits per heavy atom. The highest BCUT2D eigenvalue weighted by Gasteiger charge is 2.29. The van der Waals surface area contributed by atoms with Crippen LogP contribution in [0.1, 0.15) is 26.7 Å². The lowest BCUT2D eigenvalue weighted by molar-refractivity contribution is -0.135. The van der Waals surface area contributed by atoms with E-state index in [1.54, 1.807) is 7.11 Å². The van der Waals surface area contributed by atoms with Gasteiger partial charge >= 0.3 is 0 Å². The van der Waals surface area contributed by atoms with Crippen LogP contribution in [0.4, 0.5) is 0 Å². The smallest absolute Gasteiger partial charge is 0.236 e. The molecule has 0 N–H and O–H groups in total. The Balaban J connectivity index is 1.77. The maximum Gasteiger partial charge on any atom is 0.236 e. The molecule has 136 valence electrons. The summed E-state index contributed by atoms with van der Waals surface area (Å²) in [7, 11) is 1.75. The van der Waals surface area contributed by atoms with Crippen LogP contribution in [0.15, 0.2) is 0 Å². The lowest BCUT2D eigenvalue weighted by Gasteiger charge is -2.39. The van der Waals surface area contributed by atoms with Crippen molar-refractivity contribution in [3.8, 4) is 6.07 Å². The van der Waals surface area contributed by atoms with Gasteiger partial charge in [0.05, 0.1) is 19.2 Å². The summed E-state index contributed by atoms with van der Waals surface area (Å²) in [5, 5.41) is 9.32. The second-order valence-electron chi connectivity index (χ2n) is 7.43. The summed E-state index contributed by atoms with van der Waals surface area (Å²) in [5.74, 6) is 1.10. The molecule has 0 aliphatic carbocycles. The summed E-state index contributed by atoms with van der Waals surface area (Å²) in [5.41, 5.74) is 0. The van der Waals surface area contributed by atoms with E-state index in [2.05, 4.69) is 29.7 Å². The minimum absolute atomic E-state index is 0.0425. The maximum atomic E-state index is 12.6. The highest BCUT2D eigenvalue weighted by Crippen LogP contribution is 2.17. The van der Waals surface area contributed by atoms with Crippen LogP contribution < -0.4 is 0 Å². The molecule has 0 aromatic heterocycles. The third-order valence-electron chi connectivity index (χ3n) is 5.19. The van der Waals surface area contributed by atoms with Crippen LogP contribution in [-0.2, 0) is 9.53 Å². The van der Waals surface area contributed by atoms with Gasteiger partial charge in [-0.1, -0.05) is 13.8 Å². The second kappa shape index (κ2) is 9.36. The molecule has 0 unspecified atom stereocenters. The van der Waals surface area contributed by atoms with Gasteiger partial charge in [0, 0.05) is 39.8 Å². The number of methoxy groups -OCH3 is 1. The Morgan fingerprint density at radius 2 is 1.96 bits per heavy atom. The van der Waals surface area contributed by atoms with Gasteiger partial charge in [0.1, 0.15) is 6.04 Å². The van der Waals surface area contributed by atoms with E-state index in [0.29, 0.717) is 18.4 Å². The molecule has 0 bridgehead atoms. The summed E-state index contributed by atoms with van der Waals surface area (Å²) in [6.45, 7) is 10.5. The molecule has 0 saturated carbocycles. The van der Waals surface area contributed by atoms with Crippen LogP contribution in [0.2, 0.25) is 0 Å². The Morgan fingerprint density at radius 1 is 1.25 bits per heavy atom. The van der Waals surface area contributed by atoms with Gasteiger partial charge in [-0.25, -0.2) is 0 Å². The number of nitrogens with zero attached hydrogens (tertiary/aromatic N) is 4. The Labute approximate surface area is 146 Å². The first-order chi connectivity index (χ1) is 11.5. The number of nitriles is 1. The van der Waals surface area contributed by atoms with Gasteiger partial charge in [-0.05, 0) is 31.2 Å². The van der Waals surface area contributed by atoms with Crippen molar-refractivity contribution in [3.05, 3.63) is 0 Å². The molecule has 0 aromatic carbocycles. The van der Waals surface area contributed by atoms with Crippen molar-refractivity contribution in [1.82, 2.24) is 14.7 Å². The standard InChI is InChI=1S/C18H32N4O2/c1-15(2)17(11-19)21-7-9-22(10-8-21)18(23)13-20-6-4-5-16(12-20)14-24-3/h15-17H,4-10,12-14H2,1-3H3/t16-,17+/m1/s1. The molecule has 2 atom stereocenters. The molecule has 2 heterocycles. The number of hydrogen-bond acceptors (Lipinski definition) is 5. The molecule has 6 nitrogen and oxygen atoms in total. The first-order valence-corrected chi connectivity index (χ1v) is 9.18. The quantitative estimate of drug-likeness (QED) is 0.725. The Hall–Kier alpha value is -1.16. The summed E-state index contributed by atoms with van der Waals surface area (Å²) < 4.78 is 5.26. The molecule has 6 heteroatoms. The minimum Gasteiger partial charge on any atom is -0.384 e. The van der Waals surface area contributed by atoms with E-state index in [-0.39, 0.29) is 11.9 Å². The number of ether oxygens (including phenoxy) is 1. The number of hydrogen-bond donors (Lipinski definition) is 0. The van der Waals surface area contributed by atoms with Crippen LogP contribution in [0.5, 0.6) is 0 Å². The van der Waals surface area contributed by atoms with Crippen molar-refractivity contribution in [1.29, 1.82) is 5.26 Å². The number of carbonyl (C=O) groups excluding carboxylic acids is 1. The van der Waals surface area contributed by atoms with Crippen molar-refractivity contribution >= 4 is 5.91 Å². The van der Waals surface area contributed by atoms with Gasteiger partial charge in [0.2, 0.25) is 5.91 Å². The molecule has 2 saturated heterocycles. The largest absolute Gasteiger partial charge is 0.384 e. The maximum absolute atomic E-state index is 12.6. The van der Waals surface area contributed by atoms with Gasteiger partial charge in [-0.3, -0.25) is 14.6 Å². The number of carbonyl (C=O) groups is 1.